The van der Waals surface area contributed by atoms with Gasteiger partial charge in [0.1, 0.15) is 16.5 Å². The van der Waals surface area contributed by atoms with E-state index in [0.717, 1.165) is 11.3 Å². The minimum absolute atomic E-state index is 0.0754. The molecule has 3 aromatic rings. The predicted octanol–water partition coefficient (Wildman–Crippen LogP) is 1.05. The Balaban J connectivity index is 1.94. The van der Waals surface area contributed by atoms with Crippen molar-refractivity contribution in [2.45, 2.75) is 6.92 Å². The standard InChI is InChI=1S/C24H22N4O4S/c1-2-32-19-8-6-18(7-9-19)28-23(30)21(15-17-5-3-4-10-26-17)33-24(28)20(16-25)22(29)27-11-13-31-14-12-27/h3-10,15H,2,11-14H2,1H3. The van der Waals surface area contributed by atoms with Gasteiger partial charge in [-0.3, -0.25) is 19.1 Å². The lowest BCUT2D eigenvalue weighted by Gasteiger charge is -2.26. The molecule has 0 N–H and O–H groups in total. The van der Waals surface area contributed by atoms with E-state index in [1.807, 2.05) is 19.1 Å². The quantitative estimate of drug-likeness (QED) is 0.562. The third kappa shape index (κ3) is 4.87. The van der Waals surface area contributed by atoms with Crippen molar-refractivity contribution in [3.63, 3.8) is 0 Å². The minimum Gasteiger partial charge on any atom is -0.494 e. The van der Waals surface area contributed by atoms with Crippen molar-refractivity contribution in [2.75, 3.05) is 32.9 Å². The molecule has 0 unspecified atom stereocenters. The molecule has 1 aromatic carbocycles. The van der Waals surface area contributed by atoms with Crippen molar-refractivity contribution in [2.24, 2.45) is 0 Å². The van der Waals surface area contributed by atoms with Crippen LogP contribution in [0.5, 0.6) is 5.75 Å². The molecule has 1 aliphatic heterocycles. The number of carbonyl (C=O) groups excluding carboxylic acids is 1. The topological polar surface area (TPSA) is 97.5 Å². The second kappa shape index (κ2) is 10.3. The number of nitrogens with zero attached hydrogens (tertiary/aromatic N) is 4. The van der Waals surface area contributed by atoms with E-state index in [1.165, 1.54) is 4.57 Å². The van der Waals surface area contributed by atoms with Crippen molar-refractivity contribution < 1.29 is 14.3 Å². The Hall–Kier alpha value is -3.74. The number of ether oxygens (including phenoxy) is 2. The van der Waals surface area contributed by atoms with Gasteiger partial charge in [-0.2, -0.15) is 5.26 Å². The smallest absolute Gasteiger partial charge is 0.273 e. The first-order valence-corrected chi connectivity index (χ1v) is 11.3. The van der Waals surface area contributed by atoms with Gasteiger partial charge in [0.2, 0.25) is 0 Å². The maximum absolute atomic E-state index is 13.4. The van der Waals surface area contributed by atoms with Gasteiger partial charge >= 0.3 is 0 Å². The molecule has 0 aliphatic carbocycles. The second-order valence-electron chi connectivity index (χ2n) is 7.13. The zero-order chi connectivity index (χ0) is 23.2. The molecule has 1 amide bonds. The molecule has 1 saturated heterocycles. The summed E-state index contributed by atoms with van der Waals surface area (Å²) in [5.74, 6) is 0.256. The van der Waals surface area contributed by atoms with Gasteiger partial charge in [0.05, 0.1) is 35.7 Å². The number of nitriles is 1. The lowest BCUT2D eigenvalue weighted by molar-refractivity contribution is -0.128. The van der Waals surface area contributed by atoms with Crippen LogP contribution in [0.1, 0.15) is 12.6 Å². The molecule has 0 radical (unpaired) electrons. The summed E-state index contributed by atoms with van der Waals surface area (Å²) in [5, 5.41) is 9.94. The van der Waals surface area contributed by atoms with Gasteiger partial charge in [-0.05, 0) is 49.4 Å². The zero-order valence-corrected chi connectivity index (χ0v) is 18.9. The fourth-order valence-corrected chi connectivity index (χ4v) is 4.53. The number of hydrogen-bond donors (Lipinski definition) is 0. The average Bonchev–Trinajstić information content (AvgIpc) is 3.17. The highest BCUT2D eigenvalue weighted by Gasteiger charge is 2.24. The van der Waals surface area contributed by atoms with Crippen LogP contribution >= 0.6 is 11.3 Å². The number of morpholine rings is 1. The van der Waals surface area contributed by atoms with Gasteiger partial charge in [0.15, 0.2) is 5.57 Å². The van der Waals surface area contributed by atoms with E-state index < -0.39 is 5.91 Å². The monoisotopic (exact) mass is 462 g/mol. The first-order chi connectivity index (χ1) is 16.1. The van der Waals surface area contributed by atoms with Gasteiger partial charge in [-0.15, -0.1) is 11.3 Å². The van der Waals surface area contributed by atoms with Gasteiger partial charge < -0.3 is 14.4 Å². The van der Waals surface area contributed by atoms with Crippen LogP contribution in [0.25, 0.3) is 17.3 Å². The fraction of sp³-hybridized carbons (Fsp3) is 0.250. The minimum atomic E-state index is -0.411. The van der Waals surface area contributed by atoms with E-state index in [1.54, 1.807) is 53.6 Å². The molecule has 8 nitrogen and oxygen atoms in total. The number of carbonyl (C=O) groups is 1. The number of rotatable bonds is 5. The Bertz CT molecular complexity index is 1350. The van der Waals surface area contributed by atoms with Crippen molar-refractivity contribution >= 4 is 28.9 Å². The molecule has 1 fully saturated rings. The third-order valence-corrected chi connectivity index (χ3v) is 6.13. The lowest BCUT2D eigenvalue weighted by Crippen LogP contribution is -2.42. The molecule has 168 valence electrons. The van der Waals surface area contributed by atoms with Crippen LogP contribution in [-0.2, 0) is 9.53 Å². The normalized spacial score (nSPS) is 15.2. The molecule has 4 rings (SSSR count). The maximum atomic E-state index is 13.4. The largest absolute Gasteiger partial charge is 0.494 e. The van der Waals surface area contributed by atoms with Crippen LogP contribution < -0.4 is 19.5 Å². The summed E-state index contributed by atoms with van der Waals surface area (Å²) in [6.45, 7) is 4.04. The Kier molecular flexibility index (Phi) is 6.98. The molecule has 0 atom stereocenters. The van der Waals surface area contributed by atoms with Gasteiger partial charge in [0.25, 0.3) is 11.5 Å². The van der Waals surface area contributed by atoms with Crippen LogP contribution in [0.3, 0.4) is 0 Å². The Labute approximate surface area is 194 Å². The zero-order valence-electron chi connectivity index (χ0n) is 18.1. The van der Waals surface area contributed by atoms with Crippen LogP contribution in [-0.4, -0.2) is 53.3 Å². The lowest BCUT2D eigenvalue weighted by atomic mass is 10.2. The van der Waals surface area contributed by atoms with E-state index in [9.17, 15) is 14.9 Å². The summed E-state index contributed by atoms with van der Waals surface area (Å²) in [5.41, 5.74) is 0.748. The number of aromatic nitrogens is 2. The molecule has 1 aliphatic rings. The van der Waals surface area contributed by atoms with Crippen LogP contribution in [0.15, 0.2) is 53.5 Å². The van der Waals surface area contributed by atoms with E-state index in [-0.39, 0.29) is 15.8 Å². The van der Waals surface area contributed by atoms with Gasteiger partial charge in [0, 0.05) is 19.3 Å². The molecule has 0 bridgehead atoms. The molecule has 9 heteroatoms. The molecule has 3 heterocycles. The Morgan fingerprint density at radius 3 is 2.64 bits per heavy atom. The Morgan fingerprint density at radius 1 is 1.24 bits per heavy atom. The van der Waals surface area contributed by atoms with E-state index in [0.29, 0.717) is 54.6 Å². The van der Waals surface area contributed by atoms with Crippen molar-refractivity contribution in [3.05, 3.63) is 73.9 Å². The number of hydrogen-bond acceptors (Lipinski definition) is 7. The fourth-order valence-electron chi connectivity index (χ4n) is 3.45. The summed E-state index contributed by atoms with van der Waals surface area (Å²) < 4.78 is 12.9. The highest BCUT2D eigenvalue weighted by atomic mass is 32.1. The van der Waals surface area contributed by atoms with Gasteiger partial charge in [-0.1, -0.05) is 6.07 Å². The van der Waals surface area contributed by atoms with Crippen molar-refractivity contribution in [1.82, 2.24) is 14.5 Å². The number of amides is 1. The Morgan fingerprint density at radius 2 is 2.00 bits per heavy atom. The number of thiazole rings is 1. The van der Waals surface area contributed by atoms with Crippen molar-refractivity contribution in [1.29, 1.82) is 5.26 Å². The SMILES string of the molecule is CCOc1ccc(-n2c(=C(C#N)C(=O)N3CCOCC3)sc(=Cc3ccccn3)c2=O)cc1. The van der Waals surface area contributed by atoms with Gasteiger partial charge in [-0.25, -0.2) is 0 Å². The molecule has 2 aromatic heterocycles. The molecular formula is C24H22N4O4S. The van der Waals surface area contributed by atoms with Crippen LogP contribution in [0.2, 0.25) is 0 Å². The highest BCUT2D eigenvalue weighted by Crippen LogP contribution is 2.14. The van der Waals surface area contributed by atoms with E-state index in [4.69, 9.17) is 9.47 Å². The predicted molar refractivity (Wildman–Crippen MR) is 125 cm³/mol. The second-order valence-corrected chi connectivity index (χ2v) is 8.16. The van der Waals surface area contributed by atoms with E-state index >= 15 is 0 Å². The van der Waals surface area contributed by atoms with E-state index in [2.05, 4.69) is 4.98 Å². The summed E-state index contributed by atoms with van der Waals surface area (Å²) in [6, 6.07) is 14.4. The molecule has 33 heavy (non-hydrogen) atoms. The van der Waals surface area contributed by atoms with Crippen LogP contribution in [0.4, 0.5) is 0 Å². The summed E-state index contributed by atoms with van der Waals surface area (Å²) >= 11 is 1.10. The third-order valence-electron chi connectivity index (χ3n) is 5.03. The first kappa shape index (κ1) is 22.5. The summed E-state index contributed by atoms with van der Waals surface area (Å²) in [6.07, 6.45) is 3.30. The summed E-state index contributed by atoms with van der Waals surface area (Å²) in [7, 11) is 0. The number of benzene rings is 1. The van der Waals surface area contributed by atoms with Crippen LogP contribution in [0, 0.1) is 11.3 Å². The maximum Gasteiger partial charge on any atom is 0.273 e. The number of pyridine rings is 1. The summed E-state index contributed by atoms with van der Waals surface area (Å²) in [4.78, 5) is 32.5. The highest BCUT2D eigenvalue weighted by molar-refractivity contribution is 7.07. The molecular weight excluding hydrogens is 440 g/mol. The molecule has 0 saturated carbocycles. The molecule has 0 spiro atoms. The van der Waals surface area contributed by atoms with Crippen molar-refractivity contribution in [3.8, 4) is 17.5 Å². The average molecular weight is 463 g/mol. The first-order valence-electron chi connectivity index (χ1n) is 10.5.